The normalized spacial score (nSPS) is 13.2. The predicted octanol–water partition coefficient (Wildman–Crippen LogP) is 2.98. The van der Waals surface area contributed by atoms with Crippen molar-refractivity contribution in [1.82, 2.24) is 5.32 Å². The summed E-state index contributed by atoms with van der Waals surface area (Å²) >= 11 is 0. The summed E-state index contributed by atoms with van der Waals surface area (Å²) in [5.74, 6) is 0.479. The number of amides is 2. The summed E-state index contributed by atoms with van der Waals surface area (Å²) in [7, 11) is -3.77. The number of ether oxygens (including phenoxy) is 1. The molecule has 0 aliphatic carbocycles. The van der Waals surface area contributed by atoms with E-state index in [0.717, 1.165) is 11.3 Å². The minimum atomic E-state index is -3.77. The van der Waals surface area contributed by atoms with E-state index in [2.05, 4.69) is 10.0 Å². The molecular weight excluding hydrogens is 366 g/mol. The molecule has 0 unspecified atom stereocenters. The fourth-order valence-electron chi connectivity index (χ4n) is 3.04. The zero-order valence-corrected chi connectivity index (χ0v) is 16.2. The van der Waals surface area contributed by atoms with Gasteiger partial charge in [0.25, 0.3) is 10.0 Å². The van der Waals surface area contributed by atoms with Crippen LogP contribution >= 0.6 is 0 Å². The van der Waals surface area contributed by atoms with Crippen LogP contribution in [0.4, 0.5) is 16.2 Å². The largest absolute Gasteiger partial charge is 0.492 e. The van der Waals surface area contributed by atoms with Crippen LogP contribution in [0.15, 0.2) is 47.4 Å². The molecule has 8 heteroatoms. The lowest BCUT2D eigenvalue weighted by Crippen LogP contribution is -2.38. The first-order valence-corrected chi connectivity index (χ1v) is 10.4. The van der Waals surface area contributed by atoms with Crippen molar-refractivity contribution in [3.63, 3.8) is 0 Å². The van der Waals surface area contributed by atoms with Crippen molar-refractivity contribution in [3.05, 3.63) is 48.0 Å². The van der Waals surface area contributed by atoms with Crippen LogP contribution in [0.1, 0.15) is 19.4 Å². The topological polar surface area (TPSA) is 87.7 Å². The standard InChI is InChI=1S/C19H23N3O4S/c1-3-20-19(23)22-12-11-14-13-15(9-10-17(14)22)27(24,25)21-16-7-5-6-8-18(16)26-4-2/h5-10,13,21H,3-4,11-12H2,1-2H3,(H,20,23). The van der Waals surface area contributed by atoms with Crippen LogP contribution in [0.25, 0.3) is 0 Å². The summed E-state index contributed by atoms with van der Waals surface area (Å²) < 4.78 is 33.7. The van der Waals surface area contributed by atoms with E-state index in [0.29, 0.717) is 37.6 Å². The number of anilines is 2. The quantitative estimate of drug-likeness (QED) is 0.795. The number of sulfonamides is 1. The van der Waals surface area contributed by atoms with Gasteiger partial charge < -0.3 is 10.1 Å². The van der Waals surface area contributed by atoms with Gasteiger partial charge in [-0.3, -0.25) is 9.62 Å². The van der Waals surface area contributed by atoms with Gasteiger partial charge in [-0.1, -0.05) is 12.1 Å². The Morgan fingerprint density at radius 1 is 1.19 bits per heavy atom. The van der Waals surface area contributed by atoms with Gasteiger partial charge in [0.15, 0.2) is 0 Å². The molecule has 0 atom stereocenters. The van der Waals surface area contributed by atoms with Crippen LogP contribution < -0.4 is 19.7 Å². The lowest BCUT2D eigenvalue weighted by Gasteiger charge is -2.18. The molecule has 3 rings (SSSR count). The molecule has 0 aromatic heterocycles. The van der Waals surface area contributed by atoms with Crippen LogP contribution in [0.2, 0.25) is 0 Å². The summed E-state index contributed by atoms with van der Waals surface area (Å²) in [5.41, 5.74) is 1.97. The van der Waals surface area contributed by atoms with Crippen molar-refractivity contribution in [2.24, 2.45) is 0 Å². The van der Waals surface area contributed by atoms with Gasteiger partial charge >= 0.3 is 6.03 Å². The average Bonchev–Trinajstić information content (AvgIpc) is 3.07. The van der Waals surface area contributed by atoms with Crippen LogP contribution in [-0.2, 0) is 16.4 Å². The molecule has 1 aliphatic heterocycles. The maximum atomic E-state index is 12.8. The molecule has 2 N–H and O–H groups in total. The number of hydrogen-bond acceptors (Lipinski definition) is 4. The number of carbonyl (C=O) groups is 1. The summed E-state index contributed by atoms with van der Waals surface area (Å²) in [6, 6.07) is 11.6. The number of fused-ring (bicyclic) bond motifs is 1. The summed E-state index contributed by atoms with van der Waals surface area (Å²) in [4.78, 5) is 13.9. The number of hydrogen-bond donors (Lipinski definition) is 2. The number of rotatable bonds is 6. The van der Waals surface area contributed by atoms with Crippen LogP contribution in [0.5, 0.6) is 5.75 Å². The molecule has 27 heavy (non-hydrogen) atoms. The Hall–Kier alpha value is -2.74. The number of benzene rings is 2. The summed E-state index contributed by atoms with van der Waals surface area (Å²) in [5, 5.41) is 2.77. The van der Waals surface area contributed by atoms with E-state index in [9.17, 15) is 13.2 Å². The van der Waals surface area contributed by atoms with Gasteiger partial charge in [-0.15, -0.1) is 0 Å². The predicted molar refractivity (Wildman–Crippen MR) is 105 cm³/mol. The average molecular weight is 389 g/mol. The van der Waals surface area contributed by atoms with E-state index in [1.54, 1.807) is 41.3 Å². The Balaban J connectivity index is 1.86. The first kappa shape index (κ1) is 19.0. The summed E-state index contributed by atoms with van der Waals surface area (Å²) in [6.45, 7) is 5.21. The highest BCUT2D eigenvalue weighted by molar-refractivity contribution is 7.92. The highest BCUT2D eigenvalue weighted by atomic mass is 32.2. The molecule has 7 nitrogen and oxygen atoms in total. The van der Waals surface area contributed by atoms with Gasteiger partial charge in [0.2, 0.25) is 0 Å². The second kappa shape index (κ2) is 7.87. The third-order valence-corrected chi connectivity index (χ3v) is 5.62. The molecule has 2 aromatic rings. The lowest BCUT2D eigenvalue weighted by atomic mass is 10.2. The molecule has 2 aromatic carbocycles. The molecule has 0 bridgehead atoms. The smallest absolute Gasteiger partial charge is 0.321 e. The van der Waals surface area contributed by atoms with Gasteiger partial charge in [-0.2, -0.15) is 0 Å². The minimum absolute atomic E-state index is 0.158. The Bertz CT molecular complexity index is 944. The van der Waals surface area contributed by atoms with Crippen LogP contribution in [-0.4, -0.2) is 34.1 Å². The third-order valence-electron chi connectivity index (χ3n) is 4.26. The Labute approximate surface area is 159 Å². The van der Waals surface area contributed by atoms with Crippen molar-refractivity contribution in [2.75, 3.05) is 29.3 Å². The van der Waals surface area contributed by atoms with Gasteiger partial charge in [0.1, 0.15) is 5.75 Å². The monoisotopic (exact) mass is 389 g/mol. The van der Waals surface area contributed by atoms with Crippen molar-refractivity contribution < 1.29 is 17.9 Å². The minimum Gasteiger partial charge on any atom is -0.492 e. The Morgan fingerprint density at radius 2 is 1.96 bits per heavy atom. The number of nitrogens with one attached hydrogen (secondary N) is 2. The molecule has 1 aliphatic rings. The van der Waals surface area contributed by atoms with Crippen molar-refractivity contribution in [1.29, 1.82) is 0 Å². The van der Waals surface area contributed by atoms with E-state index in [1.807, 2.05) is 13.8 Å². The third kappa shape index (κ3) is 4.00. The first-order valence-electron chi connectivity index (χ1n) is 8.89. The van der Waals surface area contributed by atoms with Gasteiger partial charge in [-0.25, -0.2) is 13.2 Å². The molecule has 144 valence electrons. The maximum absolute atomic E-state index is 12.8. The fourth-order valence-corrected chi connectivity index (χ4v) is 4.16. The van der Waals surface area contributed by atoms with E-state index in [4.69, 9.17) is 4.74 Å². The second-order valence-corrected chi connectivity index (χ2v) is 7.74. The fraction of sp³-hybridized carbons (Fsp3) is 0.316. The number of nitrogens with zero attached hydrogens (tertiary/aromatic N) is 1. The van der Waals surface area contributed by atoms with Crippen LogP contribution in [0.3, 0.4) is 0 Å². The van der Waals surface area contributed by atoms with E-state index in [1.165, 1.54) is 6.07 Å². The molecule has 0 fully saturated rings. The Morgan fingerprint density at radius 3 is 2.70 bits per heavy atom. The molecule has 0 saturated heterocycles. The van der Waals surface area contributed by atoms with Crippen molar-refractivity contribution in [2.45, 2.75) is 25.2 Å². The number of urea groups is 1. The highest BCUT2D eigenvalue weighted by Gasteiger charge is 2.26. The molecule has 2 amide bonds. The van der Waals surface area contributed by atoms with Gasteiger partial charge in [0.05, 0.1) is 17.2 Å². The molecule has 1 heterocycles. The summed E-state index contributed by atoms with van der Waals surface area (Å²) in [6.07, 6.45) is 0.616. The van der Waals surface area contributed by atoms with E-state index < -0.39 is 10.0 Å². The highest BCUT2D eigenvalue weighted by Crippen LogP contribution is 2.32. The van der Waals surface area contributed by atoms with Gasteiger partial charge in [-0.05, 0) is 56.2 Å². The molecule has 0 radical (unpaired) electrons. The number of carbonyl (C=O) groups excluding carboxylic acids is 1. The SMILES string of the molecule is CCNC(=O)N1CCc2cc(S(=O)(=O)Nc3ccccc3OCC)ccc21. The molecular formula is C19H23N3O4S. The van der Waals surface area contributed by atoms with E-state index in [-0.39, 0.29) is 10.9 Å². The molecule has 0 saturated carbocycles. The first-order chi connectivity index (χ1) is 13.0. The van der Waals surface area contributed by atoms with Crippen molar-refractivity contribution >= 4 is 27.4 Å². The zero-order valence-electron chi connectivity index (χ0n) is 15.4. The van der Waals surface area contributed by atoms with Crippen LogP contribution in [0, 0.1) is 0 Å². The molecule has 0 spiro atoms. The maximum Gasteiger partial charge on any atom is 0.321 e. The van der Waals surface area contributed by atoms with E-state index >= 15 is 0 Å². The Kier molecular flexibility index (Phi) is 5.55. The zero-order chi connectivity index (χ0) is 19.4. The lowest BCUT2D eigenvalue weighted by molar-refractivity contribution is 0.247. The number of para-hydroxylation sites is 2. The second-order valence-electron chi connectivity index (χ2n) is 6.06. The van der Waals surface area contributed by atoms with Gasteiger partial charge in [0, 0.05) is 18.8 Å². The van der Waals surface area contributed by atoms with Crippen molar-refractivity contribution in [3.8, 4) is 5.75 Å².